The van der Waals surface area contributed by atoms with Crippen molar-refractivity contribution in [1.82, 2.24) is 5.32 Å². The number of hydrogen-bond acceptors (Lipinski definition) is 2. The maximum absolute atomic E-state index is 11.7. The standard InChI is InChI=1S/C14H19ClN2O2/c1-14(2,3)10-6-4-5-7-11(10)16-13(19)17-12(18)8-9-15/h4-7H,8-9H2,1-3H3,(H2,16,17,18,19). The number of hydrogen-bond donors (Lipinski definition) is 2. The second-order valence-electron chi connectivity index (χ2n) is 5.24. The molecule has 1 aromatic carbocycles. The van der Waals surface area contributed by atoms with E-state index in [0.29, 0.717) is 5.69 Å². The average Bonchev–Trinajstić information content (AvgIpc) is 2.28. The highest BCUT2D eigenvalue weighted by Crippen LogP contribution is 2.29. The van der Waals surface area contributed by atoms with Gasteiger partial charge in [0.1, 0.15) is 0 Å². The average molecular weight is 283 g/mol. The van der Waals surface area contributed by atoms with Gasteiger partial charge in [0.05, 0.1) is 0 Å². The number of urea groups is 1. The van der Waals surface area contributed by atoms with Crippen LogP contribution < -0.4 is 10.6 Å². The highest BCUT2D eigenvalue weighted by atomic mass is 35.5. The van der Waals surface area contributed by atoms with E-state index < -0.39 is 6.03 Å². The Morgan fingerprint density at radius 1 is 1.21 bits per heavy atom. The van der Waals surface area contributed by atoms with E-state index in [-0.39, 0.29) is 23.6 Å². The number of anilines is 1. The number of halogens is 1. The number of para-hydroxylation sites is 1. The Labute approximate surface area is 118 Å². The number of carbonyl (C=O) groups excluding carboxylic acids is 2. The smallest absolute Gasteiger partial charge is 0.307 e. The predicted octanol–water partition coefficient (Wildman–Crippen LogP) is 3.26. The molecule has 0 bridgehead atoms. The third-order valence-electron chi connectivity index (χ3n) is 2.56. The van der Waals surface area contributed by atoms with Crippen LogP contribution in [-0.4, -0.2) is 17.8 Å². The number of rotatable bonds is 3. The molecule has 0 aliphatic carbocycles. The normalized spacial score (nSPS) is 10.9. The Kier molecular flexibility index (Phi) is 5.36. The summed E-state index contributed by atoms with van der Waals surface area (Å²) in [6, 6.07) is 6.99. The summed E-state index contributed by atoms with van der Waals surface area (Å²) in [5.74, 6) is -0.196. The van der Waals surface area contributed by atoms with Crippen molar-refractivity contribution in [2.45, 2.75) is 32.6 Å². The van der Waals surface area contributed by atoms with Crippen molar-refractivity contribution in [1.29, 1.82) is 0 Å². The highest BCUT2D eigenvalue weighted by molar-refractivity contribution is 6.19. The summed E-state index contributed by atoms with van der Waals surface area (Å²) in [6.45, 7) is 6.18. The Morgan fingerprint density at radius 2 is 1.84 bits per heavy atom. The minimum atomic E-state index is -0.535. The van der Waals surface area contributed by atoms with Gasteiger partial charge in [-0.25, -0.2) is 4.79 Å². The molecular weight excluding hydrogens is 264 g/mol. The van der Waals surface area contributed by atoms with Crippen molar-refractivity contribution in [3.05, 3.63) is 29.8 Å². The fourth-order valence-electron chi connectivity index (χ4n) is 1.67. The van der Waals surface area contributed by atoms with Gasteiger partial charge in [0, 0.05) is 18.0 Å². The van der Waals surface area contributed by atoms with Crippen LogP contribution in [0.15, 0.2) is 24.3 Å². The maximum Gasteiger partial charge on any atom is 0.325 e. The molecule has 0 spiro atoms. The van der Waals surface area contributed by atoms with Crippen LogP contribution in [-0.2, 0) is 10.2 Å². The molecule has 1 rings (SSSR count). The SMILES string of the molecule is CC(C)(C)c1ccccc1NC(=O)NC(=O)CCCl. The molecule has 0 aromatic heterocycles. The van der Waals surface area contributed by atoms with Crippen molar-refractivity contribution in [3.8, 4) is 0 Å². The van der Waals surface area contributed by atoms with Crippen LogP contribution in [0.2, 0.25) is 0 Å². The first-order chi connectivity index (χ1) is 8.84. The Hall–Kier alpha value is -1.55. The first-order valence-electron chi connectivity index (χ1n) is 6.11. The van der Waals surface area contributed by atoms with Crippen molar-refractivity contribution in [2.24, 2.45) is 0 Å². The van der Waals surface area contributed by atoms with E-state index in [4.69, 9.17) is 11.6 Å². The zero-order valence-corrected chi connectivity index (χ0v) is 12.2. The lowest BCUT2D eigenvalue weighted by molar-refractivity contribution is -0.119. The Morgan fingerprint density at radius 3 is 2.42 bits per heavy atom. The lowest BCUT2D eigenvalue weighted by Gasteiger charge is -2.22. The van der Waals surface area contributed by atoms with E-state index in [2.05, 4.69) is 31.4 Å². The molecule has 0 heterocycles. The number of nitrogens with one attached hydrogen (secondary N) is 2. The molecule has 104 valence electrons. The predicted molar refractivity (Wildman–Crippen MR) is 77.6 cm³/mol. The number of alkyl halides is 1. The molecule has 0 aliphatic rings. The molecule has 0 saturated carbocycles. The fraction of sp³-hybridized carbons (Fsp3) is 0.429. The highest BCUT2D eigenvalue weighted by Gasteiger charge is 2.18. The minimum Gasteiger partial charge on any atom is -0.307 e. The van der Waals surface area contributed by atoms with Crippen LogP contribution in [0.25, 0.3) is 0 Å². The third kappa shape index (κ3) is 4.91. The zero-order chi connectivity index (χ0) is 14.5. The fourth-order valence-corrected chi connectivity index (χ4v) is 1.85. The summed E-state index contributed by atoms with van der Waals surface area (Å²) in [5, 5.41) is 4.93. The lowest BCUT2D eigenvalue weighted by atomic mass is 9.86. The molecule has 0 saturated heterocycles. The van der Waals surface area contributed by atoms with Crippen LogP contribution in [0, 0.1) is 0 Å². The molecule has 19 heavy (non-hydrogen) atoms. The maximum atomic E-state index is 11.7. The van der Waals surface area contributed by atoms with Crippen molar-refractivity contribution >= 4 is 29.2 Å². The van der Waals surface area contributed by atoms with Crippen LogP contribution >= 0.6 is 11.6 Å². The van der Waals surface area contributed by atoms with Gasteiger partial charge >= 0.3 is 6.03 Å². The van der Waals surface area contributed by atoms with Gasteiger partial charge in [-0.1, -0.05) is 39.0 Å². The molecule has 0 fully saturated rings. The van der Waals surface area contributed by atoms with Crippen molar-refractivity contribution in [2.75, 3.05) is 11.2 Å². The molecule has 5 heteroatoms. The Balaban J connectivity index is 2.77. The monoisotopic (exact) mass is 282 g/mol. The van der Waals surface area contributed by atoms with Crippen LogP contribution in [0.5, 0.6) is 0 Å². The van der Waals surface area contributed by atoms with Gasteiger partial charge < -0.3 is 5.32 Å². The number of carbonyl (C=O) groups is 2. The topological polar surface area (TPSA) is 58.2 Å². The number of amides is 3. The summed E-state index contributed by atoms with van der Waals surface area (Å²) in [6.07, 6.45) is 0.121. The van der Waals surface area contributed by atoms with Crippen LogP contribution in [0.1, 0.15) is 32.8 Å². The van der Waals surface area contributed by atoms with Gasteiger partial charge in [-0.2, -0.15) is 0 Å². The first-order valence-corrected chi connectivity index (χ1v) is 6.64. The zero-order valence-electron chi connectivity index (χ0n) is 11.4. The van der Waals surface area contributed by atoms with E-state index in [9.17, 15) is 9.59 Å². The van der Waals surface area contributed by atoms with Gasteiger partial charge in [0.25, 0.3) is 0 Å². The van der Waals surface area contributed by atoms with E-state index in [1.54, 1.807) is 0 Å². The lowest BCUT2D eigenvalue weighted by Crippen LogP contribution is -2.35. The van der Waals surface area contributed by atoms with E-state index in [1.807, 2.05) is 24.3 Å². The quantitative estimate of drug-likeness (QED) is 0.836. The van der Waals surface area contributed by atoms with E-state index in [0.717, 1.165) is 5.56 Å². The molecular formula is C14H19ClN2O2. The van der Waals surface area contributed by atoms with Gasteiger partial charge in [-0.05, 0) is 17.0 Å². The van der Waals surface area contributed by atoms with Gasteiger partial charge in [0.15, 0.2) is 0 Å². The van der Waals surface area contributed by atoms with Gasteiger partial charge in [0.2, 0.25) is 5.91 Å². The minimum absolute atomic E-state index is 0.0932. The van der Waals surface area contributed by atoms with E-state index in [1.165, 1.54) is 0 Å². The van der Waals surface area contributed by atoms with Crippen LogP contribution in [0.3, 0.4) is 0 Å². The summed E-state index contributed by atoms with van der Waals surface area (Å²) in [4.78, 5) is 23.0. The van der Waals surface area contributed by atoms with Crippen LogP contribution in [0.4, 0.5) is 10.5 Å². The summed E-state index contributed by atoms with van der Waals surface area (Å²) < 4.78 is 0. The van der Waals surface area contributed by atoms with Crippen molar-refractivity contribution < 1.29 is 9.59 Å². The molecule has 0 unspecified atom stereocenters. The molecule has 3 amide bonds. The largest absolute Gasteiger partial charge is 0.325 e. The molecule has 0 radical (unpaired) electrons. The second kappa shape index (κ2) is 6.57. The number of benzene rings is 1. The van der Waals surface area contributed by atoms with Crippen molar-refractivity contribution in [3.63, 3.8) is 0 Å². The molecule has 0 atom stereocenters. The van der Waals surface area contributed by atoms with Gasteiger partial charge in [-0.3, -0.25) is 10.1 Å². The first kappa shape index (κ1) is 15.5. The summed E-state index contributed by atoms with van der Waals surface area (Å²) >= 11 is 5.43. The second-order valence-corrected chi connectivity index (χ2v) is 5.61. The van der Waals surface area contributed by atoms with E-state index >= 15 is 0 Å². The molecule has 0 aliphatic heterocycles. The molecule has 2 N–H and O–H groups in total. The molecule has 1 aromatic rings. The summed E-state index contributed by atoms with van der Waals surface area (Å²) in [5.41, 5.74) is 1.62. The molecule has 4 nitrogen and oxygen atoms in total. The summed E-state index contributed by atoms with van der Waals surface area (Å²) in [7, 11) is 0. The van der Waals surface area contributed by atoms with Gasteiger partial charge in [-0.15, -0.1) is 11.6 Å². The Bertz CT molecular complexity index is 467. The number of imide groups is 1. The third-order valence-corrected chi connectivity index (χ3v) is 2.75.